The van der Waals surface area contributed by atoms with Crippen molar-refractivity contribution in [2.75, 3.05) is 24.1 Å². The fourth-order valence-electron chi connectivity index (χ4n) is 2.71. The van der Waals surface area contributed by atoms with Crippen LogP contribution in [0.5, 0.6) is 0 Å². The van der Waals surface area contributed by atoms with Gasteiger partial charge in [0.1, 0.15) is 6.29 Å². The Morgan fingerprint density at radius 3 is 2.67 bits per heavy atom. The van der Waals surface area contributed by atoms with E-state index in [1.165, 1.54) is 11.8 Å². The van der Waals surface area contributed by atoms with E-state index < -0.39 is 0 Å². The highest BCUT2D eigenvalue weighted by Crippen LogP contribution is 2.35. The number of fused-ring (bicyclic) bond motifs is 1. The number of nitrogen functional groups attached to an aromatic ring is 1. The zero-order valence-electron chi connectivity index (χ0n) is 14.0. The molecule has 5 nitrogen and oxygen atoms in total. The van der Waals surface area contributed by atoms with E-state index in [4.69, 9.17) is 10.5 Å². The van der Waals surface area contributed by atoms with Gasteiger partial charge < -0.3 is 15.8 Å². The molecule has 128 valence electrons. The Morgan fingerprint density at radius 2 is 2.04 bits per heavy atom. The molecular weight excluding hydrogens is 322 g/mol. The fourth-order valence-corrected chi connectivity index (χ4v) is 3.87. The number of nitrogens with two attached hydrogens (primary N) is 1. The normalized spacial score (nSPS) is 13.4. The van der Waals surface area contributed by atoms with Crippen molar-refractivity contribution in [3.63, 3.8) is 0 Å². The predicted molar refractivity (Wildman–Crippen MR) is 99.5 cm³/mol. The molecule has 1 aliphatic heterocycles. The molecule has 3 rings (SSSR count). The first-order chi connectivity index (χ1) is 11.6. The van der Waals surface area contributed by atoms with Gasteiger partial charge in [0.05, 0.1) is 10.6 Å². The molecule has 6 heteroatoms. The Bertz CT molecular complexity index is 698. The minimum atomic E-state index is -0.0962. The van der Waals surface area contributed by atoms with E-state index in [1.807, 2.05) is 30.3 Å². The molecular formula is C18H23N3O2S. The van der Waals surface area contributed by atoms with Gasteiger partial charge >= 0.3 is 0 Å². The van der Waals surface area contributed by atoms with E-state index in [2.05, 4.69) is 17.1 Å². The summed E-state index contributed by atoms with van der Waals surface area (Å²) in [6, 6.07) is 9.50. The van der Waals surface area contributed by atoms with Crippen molar-refractivity contribution in [2.24, 2.45) is 0 Å². The van der Waals surface area contributed by atoms with Crippen LogP contribution in [0.15, 0.2) is 30.3 Å². The van der Waals surface area contributed by atoms with Crippen molar-refractivity contribution in [2.45, 2.75) is 26.8 Å². The van der Waals surface area contributed by atoms with Crippen LogP contribution < -0.4 is 11.1 Å². The third-order valence-corrected chi connectivity index (χ3v) is 4.92. The van der Waals surface area contributed by atoms with E-state index in [0.717, 1.165) is 43.6 Å². The number of rotatable bonds is 3. The molecule has 0 bridgehead atoms. The number of likely N-dealkylation sites (N-methyl/N-ethyl adjacent to an activating group) is 1. The van der Waals surface area contributed by atoms with Crippen molar-refractivity contribution < 1.29 is 9.59 Å². The Kier molecular flexibility index (Phi) is 6.52. The summed E-state index contributed by atoms with van der Waals surface area (Å²) >= 11 is 1.55. The molecule has 2 aromatic rings. The van der Waals surface area contributed by atoms with Crippen LogP contribution in [0.1, 0.15) is 34.6 Å². The quantitative estimate of drug-likeness (QED) is 0.838. The molecule has 0 aliphatic carbocycles. The van der Waals surface area contributed by atoms with E-state index in [0.29, 0.717) is 10.6 Å². The lowest BCUT2D eigenvalue weighted by Crippen LogP contribution is -2.30. The van der Waals surface area contributed by atoms with Crippen molar-refractivity contribution in [1.82, 2.24) is 4.90 Å². The highest BCUT2D eigenvalue weighted by atomic mass is 32.1. The van der Waals surface area contributed by atoms with E-state index in [9.17, 15) is 4.79 Å². The second kappa shape index (κ2) is 8.61. The second-order valence-electron chi connectivity index (χ2n) is 5.42. The second-order valence-corrected chi connectivity index (χ2v) is 6.55. The smallest absolute Gasteiger partial charge is 0.258 e. The number of aldehydes is 1. The van der Waals surface area contributed by atoms with Gasteiger partial charge in [-0.05, 0) is 37.6 Å². The summed E-state index contributed by atoms with van der Waals surface area (Å²) in [5.41, 5.74) is 8.71. The summed E-state index contributed by atoms with van der Waals surface area (Å²) in [5.74, 6) is -0.0962. The molecule has 0 spiro atoms. The van der Waals surface area contributed by atoms with Gasteiger partial charge in [0.2, 0.25) is 0 Å². The lowest BCUT2D eigenvalue weighted by molar-refractivity contribution is -0.106. The molecule has 0 unspecified atom stereocenters. The number of thiophene rings is 1. The molecule has 2 heterocycles. The van der Waals surface area contributed by atoms with Crippen LogP contribution in [-0.4, -0.2) is 30.2 Å². The van der Waals surface area contributed by atoms with Crippen LogP contribution in [0.2, 0.25) is 0 Å². The van der Waals surface area contributed by atoms with Crippen LogP contribution in [0.25, 0.3) is 0 Å². The number of hydrogen-bond acceptors (Lipinski definition) is 5. The molecule has 3 N–H and O–H groups in total. The number of carbonyl (C=O) groups is 2. The Balaban J connectivity index is 0.000000647. The topological polar surface area (TPSA) is 75.4 Å². The molecule has 1 amide bonds. The van der Waals surface area contributed by atoms with Gasteiger partial charge in [-0.15, -0.1) is 11.3 Å². The number of amides is 1. The van der Waals surface area contributed by atoms with Crippen LogP contribution in [0.3, 0.4) is 0 Å². The van der Waals surface area contributed by atoms with E-state index in [-0.39, 0.29) is 5.91 Å². The number of benzene rings is 1. The van der Waals surface area contributed by atoms with Gasteiger partial charge in [-0.25, -0.2) is 0 Å². The number of nitrogens with one attached hydrogen (secondary N) is 1. The van der Waals surface area contributed by atoms with Gasteiger partial charge in [0.15, 0.2) is 0 Å². The summed E-state index contributed by atoms with van der Waals surface area (Å²) in [7, 11) is 0. The van der Waals surface area contributed by atoms with Crippen molar-refractivity contribution in [3.05, 3.63) is 46.3 Å². The third-order valence-electron chi connectivity index (χ3n) is 3.87. The molecule has 0 fully saturated rings. The molecule has 1 aromatic heterocycles. The number of para-hydroxylation sites is 1. The maximum Gasteiger partial charge on any atom is 0.258 e. The zero-order chi connectivity index (χ0) is 17.5. The Hall–Kier alpha value is -2.18. The maximum absolute atomic E-state index is 12.5. The largest absolute Gasteiger partial charge is 0.390 e. The summed E-state index contributed by atoms with van der Waals surface area (Å²) in [4.78, 5) is 24.9. The van der Waals surface area contributed by atoms with E-state index >= 15 is 0 Å². The summed E-state index contributed by atoms with van der Waals surface area (Å²) in [5, 5.41) is 3.57. The Morgan fingerprint density at radius 1 is 1.38 bits per heavy atom. The van der Waals surface area contributed by atoms with Crippen LogP contribution in [0.4, 0.5) is 10.7 Å². The number of anilines is 2. The van der Waals surface area contributed by atoms with Crippen molar-refractivity contribution in [1.29, 1.82) is 0 Å². The Labute approximate surface area is 146 Å². The maximum atomic E-state index is 12.5. The molecule has 0 saturated heterocycles. The van der Waals surface area contributed by atoms with Crippen LogP contribution >= 0.6 is 11.3 Å². The molecule has 0 saturated carbocycles. The lowest BCUT2D eigenvalue weighted by Gasteiger charge is -2.25. The number of carbonyl (C=O) groups excluding carboxylic acids is 2. The summed E-state index contributed by atoms with van der Waals surface area (Å²) in [6.45, 7) is 6.53. The molecule has 0 radical (unpaired) electrons. The highest BCUT2D eigenvalue weighted by molar-refractivity contribution is 7.16. The molecule has 1 aliphatic rings. The van der Waals surface area contributed by atoms with Crippen LogP contribution in [0, 0.1) is 0 Å². The highest BCUT2D eigenvalue weighted by Gasteiger charge is 2.26. The summed E-state index contributed by atoms with van der Waals surface area (Å²) in [6.07, 6.45) is 1.65. The lowest BCUT2D eigenvalue weighted by atomic mass is 10.0. The first-order valence-electron chi connectivity index (χ1n) is 7.99. The predicted octanol–water partition coefficient (Wildman–Crippen LogP) is 3.17. The molecule has 0 atom stereocenters. The monoisotopic (exact) mass is 345 g/mol. The third kappa shape index (κ3) is 4.21. The number of nitrogens with zero attached hydrogens (tertiary/aromatic N) is 1. The first-order valence-corrected chi connectivity index (χ1v) is 8.80. The fraction of sp³-hybridized carbons (Fsp3) is 0.333. The average Bonchev–Trinajstić information content (AvgIpc) is 2.91. The first kappa shape index (κ1) is 18.2. The van der Waals surface area contributed by atoms with Gasteiger partial charge in [0, 0.05) is 23.7 Å². The van der Waals surface area contributed by atoms with Gasteiger partial charge in [-0.2, -0.15) is 0 Å². The minimum absolute atomic E-state index is 0.0962. The standard InChI is InChI=1S/C16H19N3OS.C2H4O/c1-2-19-9-8-12-13(10-19)21-15(17)14(12)16(20)18-11-6-4-3-5-7-11;1-2-3/h3-7H,2,8-10,17H2,1H3,(H,18,20);2H,1H3. The van der Waals surface area contributed by atoms with Gasteiger partial charge in [-0.1, -0.05) is 25.1 Å². The number of hydrogen-bond donors (Lipinski definition) is 2. The van der Waals surface area contributed by atoms with E-state index in [1.54, 1.807) is 11.3 Å². The molecule has 1 aromatic carbocycles. The molecule has 24 heavy (non-hydrogen) atoms. The summed E-state index contributed by atoms with van der Waals surface area (Å²) < 4.78 is 0. The van der Waals surface area contributed by atoms with Gasteiger partial charge in [0.25, 0.3) is 5.91 Å². The van der Waals surface area contributed by atoms with Crippen molar-refractivity contribution >= 4 is 34.2 Å². The minimum Gasteiger partial charge on any atom is -0.390 e. The van der Waals surface area contributed by atoms with Crippen LogP contribution in [-0.2, 0) is 17.8 Å². The zero-order valence-corrected chi connectivity index (χ0v) is 14.9. The average molecular weight is 345 g/mol. The van der Waals surface area contributed by atoms with Gasteiger partial charge in [-0.3, -0.25) is 9.69 Å². The SMILES string of the molecule is CC=O.CCN1CCc2c(sc(N)c2C(=O)Nc2ccccc2)C1. The van der Waals surface area contributed by atoms with Crippen molar-refractivity contribution in [3.8, 4) is 0 Å².